The van der Waals surface area contributed by atoms with Gasteiger partial charge in [-0.1, -0.05) is 19.3 Å². The number of ether oxygens (including phenoxy) is 1. The van der Waals surface area contributed by atoms with E-state index in [4.69, 9.17) is 4.74 Å². The predicted octanol–water partition coefficient (Wildman–Crippen LogP) is 3.06. The molecule has 1 aliphatic rings. The molecule has 29 heavy (non-hydrogen) atoms. The molecule has 0 atom stereocenters. The molecular formula is C21H25N3O5. The van der Waals surface area contributed by atoms with Crippen LogP contribution in [0, 0.1) is 0 Å². The Hall–Kier alpha value is -3.16. The molecule has 8 nitrogen and oxygen atoms in total. The van der Waals surface area contributed by atoms with Gasteiger partial charge in [0.2, 0.25) is 5.88 Å². The number of hydrogen-bond donors (Lipinski definition) is 2. The molecule has 1 heterocycles. The van der Waals surface area contributed by atoms with Gasteiger partial charge in [-0.25, -0.2) is 9.59 Å². The normalized spacial score (nSPS) is 15.3. The molecule has 1 fully saturated rings. The summed E-state index contributed by atoms with van der Waals surface area (Å²) in [4.78, 5) is 43.1. The quantitative estimate of drug-likeness (QED) is 0.592. The second-order valence-corrected chi connectivity index (χ2v) is 7.08. The number of aromatic hydroxyl groups is 1. The van der Waals surface area contributed by atoms with Gasteiger partial charge in [0.15, 0.2) is 0 Å². The zero-order chi connectivity index (χ0) is 21.0. The summed E-state index contributed by atoms with van der Waals surface area (Å²) in [6.45, 7) is 3.62. The summed E-state index contributed by atoms with van der Waals surface area (Å²) in [6.07, 6.45) is 4.62. The van der Waals surface area contributed by atoms with E-state index in [1.807, 2.05) is 0 Å². The van der Waals surface area contributed by atoms with Gasteiger partial charge < -0.3 is 9.84 Å². The summed E-state index contributed by atoms with van der Waals surface area (Å²) in [5.41, 5.74) is -0.125. The minimum absolute atomic E-state index is 0.0235. The number of H-pyrrole nitrogens is 1. The highest BCUT2D eigenvalue weighted by atomic mass is 16.5. The molecule has 8 heteroatoms. The van der Waals surface area contributed by atoms with Crippen molar-refractivity contribution in [1.29, 1.82) is 0 Å². The maximum absolute atomic E-state index is 12.4. The highest BCUT2D eigenvalue weighted by Gasteiger charge is 2.24. The highest BCUT2D eigenvalue weighted by Crippen LogP contribution is 2.30. The zero-order valence-electron chi connectivity index (χ0n) is 16.6. The third-order valence-electron chi connectivity index (χ3n) is 5.10. The molecule has 0 radical (unpaired) electrons. The molecule has 0 aliphatic heterocycles. The molecule has 1 aromatic heterocycles. The van der Waals surface area contributed by atoms with E-state index >= 15 is 0 Å². The van der Waals surface area contributed by atoms with Crippen LogP contribution in [0.25, 0.3) is 0 Å². The van der Waals surface area contributed by atoms with Gasteiger partial charge in [-0.05, 0) is 51.0 Å². The van der Waals surface area contributed by atoms with E-state index in [0.29, 0.717) is 11.3 Å². The molecule has 1 saturated carbocycles. The largest absolute Gasteiger partial charge is 0.494 e. The van der Waals surface area contributed by atoms with Gasteiger partial charge >= 0.3 is 11.7 Å². The number of hydrogen-bond acceptors (Lipinski definition) is 6. The Morgan fingerprint density at radius 2 is 1.86 bits per heavy atom. The smallest absolute Gasteiger partial charge is 0.338 e. The van der Waals surface area contributed by atoms with E-state index in [9.17, 15) is 19.5 Å². The summed E-state index contributed by atoms with van der Waals surface area (Å²) in [5, 5.41) is 10.7. The second kappa shape index (κ2) is 8.89. The Kier molecular flexibility index (Phi) is 6.31. The van der Waals surface area contributed by atoms with Gasteiger partial charge in [-0.15, -0.1) is 0 Å². The van der Waals surface area contributed by atoms with Crippen LogP contribution in [0.1, 0.15) is 67.9 Å². The summed E-state index contributed by atoms with van der Waals surface area (Å²) in [5.74, 6) is -0.775. The second-order valence-electron chi connectivity index (χ2n) is 7.08. The zero-order valence-corrected chi connectivity index (χ0v) is 16.6. The lowest BCUT2D eigenvalue weighted by molar-refractivity contribution is 0.0526. The Bertz CT molecular complexity index is 1030. The molecule has 1 aliphatic carbocycles. The van der Waals surface area contributed by atoms with Crippen molar-refractivity contribution < 1.29 is 14.6 Å². The first-order chi connectivity index (χ1) is 13.9. The number of carbonyl (C=O) groups is 1. The molecular weight excluding hydrogens is 374 g/mol. The van der Waals surface area contributed by atoms with Crippen LogP contribution in [-0.2, 0) is 4.74 Å². The van der Waals surface area contributed by atoms with Crippen LogP contribution in [0.5, 0.6) is 5.88 Å². The van der Waals surface area contributed by atoms with Crippen LogP contribution in [0.2, 0.25) is 0 Å². The molecule has 0 amide bonds. The maximum Gasteiger partial charge on any atom is 0.338 e. The molecule has 0 spiro atoms. The van der Waals surface area contributed by atoms with Gasteiger partial charge in [-0.2, -0.15) is 0 Å². The first kappa shape index (κ1) is 20.6. The Labute approximate surface area is 167 Å². The topological polar surface area (TPSA) is 114 Å². The lowest BCUT2D eigenvalue weighted by Gasteiger charge is -2.25. The van der Waals surface area contributed by atoms with Crippen molar-refractivity contribution in [3.63, 3.8) is 0 Å². The Morgan fingerprint density at radius 1 is 1.21 bits per heavy atom. The average molecular weight is 399 g/mol. The monoisotopic (exact) mass is 399 g/mol. The van der Waals surface area contributed by atoms with Gasteiger partial charge in [0, 0.05) is 6.04 Å². The number of benzene rings is 1. The minimum atomic E-state index is -0.677. The maximum atomic E-state index is 12.4. The van der Waals surface area contributed by atoms with E-state index in [2.05, 4.69) is 9.98 Å². The molecule has 1 aromatic carbocycles. The summed E-state index contributed by atoms with van der Waals surface area (Å²) >= 11 is 0. The SMILES string of the molecule is CCOC(=O)c1ccc(N=C(C)c2c(O)n(C3CCCCC3)c(=O)[nH]c2=O)cc1. The van der Waals surface area contributed by atoms with Crippen molar-refractivity contribution >= 4 is 17.4 Å². The molecule has 2 aromatic rings. The van der Waals surface area contributed by atoms with Crippen LogP contribution in [0.4, 0.5) is 5.69 Å². The van der Waals surface area contributed by atoms with E-state index in [-0.39, 0.29) is 29.8 Å². The van der Waals surface area contributed by atoms with E-state index in [0.717, 1.165) is 32.1 Å². The molecule has 154 valence electrons. The number of nitrogens with one attached hydrogen (secondary N) is 1. The van der Waals surface area contributed by atoms with Crippen molar-refractivity contribution in [2.45, 2.75) is 52.0 Å². The lowest BCUT2D eigenvalue weighted by atomic mass is 9.95. The van der Waals surface area contributed by atoms with E-state index in [1.165, 1.54) is 4.57 Å². The fourth-order valence-electron chi connectivity index (χ4n) is 3.68. The first-order valence-corrected chi connectivity index (χ1v) is 9.83. The fraction of sp³-hybridized carbons (Fsp3) is 0.429. The molecule has 0 saturated heterocycles. The summed E-state index contributed by atoms with van der Waals surface area (Å²) in [7, 11) is 0. The molecule has 0 unspecified atom stereocenters. The summed E-state index contributed by atoms with van der Waals surface area (Å²) in [6, 6.07) is 6.27. The van der Waals surface area contributed by atoms with Crippen molar-refractivity contribution in [2.24, 2.45) is 4.99 Å². The average Bonchev–Trinajstić information content (AvgIpc) is 2.69. The minimum Gasteiger partial charge on any atom is -0.494 e. The van der Waals surface area contributed by atoms with Gasteiger partial charge in [-0.3, -0.25) is 19.3 Å². The van der Waals surface area contributed by atoms with E-state index in [1.54, 1.807) is 38.1 Å². The lowest BCUT2D eigenvalue weighted by Crippen LogP contribution is -2.36. The number of rotatable bonds is 5. The van der Waals surface area contributed by atoms with Crippen LogP contribution in [0.3, 0.4) is 0 Å². The van der Waals surface area contributed by atoms with Crippen LogP contribution in [-0.4, -0.2) is 32.9 Å². The molecule has 2 N–H and O–H groups in total. The van der Waals surface area contributed by atoms with Gasteiger partial charge in [0.1, 0.15) is 5.56 Å². The van der Waals surface area contributed by atoms with Crippen molar-refractivity contribution in [3.05, 3.63) is 56.2 Å². The Morgan fingerprint density at radius 3 is 2.48 bits per heavy atom. The molecule has 3 rings (SSSR count). The standard InChI is InChI=1S/C21H25N3O5/c1-3-29-20(27)14-9-11-15(12-10-14)22-13(2)17-18(25)23-21(28)24(19(17)26)16-7-5-4-6-8-16/h9-12,16,26H,3-8H2,1-2H3,(H,23,25,28). The first-order valence-electron chi connectivity index (χ1n) is 9.83. The van der Waals surface area contributed by atoms with Crippen LogP contribution in [0.15, 0.2) is 38.8 Å². The number of aliphatic imine (C=N–C) groups is 1. The highest BCUT2D eigenvalue weighted by molar-refractivity contribution is 6.01. The van der Waals surface area contributed by atoms with Crippen LogP contribution < -0.4 is 11.2 Å². The predicted molar refractivity (Wildman–Crippen MR) is 109 cm³/mol. The number of nitrogens with zero attached hydrogens (tertiary/aromatic N) is 2. The number of aromatic nitrogens is 2. The summed E-state index contributed by atoms with van der Waals surface area (Å²) < 4.78 is 6.22. The van der Waals surface area contributed by atoms with Crippen molar-refractivity contribution in [1.82, 2.24) is 9.55 Å². The van der Waals surface area contributed by atoms with Crippen molar-refractivity contribution in [3.8, 4) is 5.88 Å². The van der Waals surface area contributed by atoms with E-state index < -0.39 is 17.2 Å². The van der Waals surface area contributed by atoms with Crippen LogP contribution >= 0.6 is 0 Å². The van der Waals surface area contributed by atoms with Gasteiger partial charge in [0.25, 0.3) is 5.56 Å². The van der Waals surface area contributed by atoms with Crippen molar-refractivity contribution in [2.75, 3.05) is 6.61 Å². The third kappa shape index (κ3) is 4.47. The number of carbonyl (C=O) groups excluding carboxylic acids is 1. The number of aromatic amines is 1. The third-order valence-corrected chi connectivity index (χ3v) is 5.10. The Balaban J connectivity index is 1.96. The number of esters is 1. The fourth-order valence-corrected chi connectivity index (χ4v) is 3.68. The van der Waals surface area contributed by atoms with Gasteiger partial charge in [0.05, 0.1) is 23.6 Å². The molecule has 0 bridgehead atoms.